The maximum Gasteiger partial charge on any atom is 0.248 e. The molecule has 0 saturated carbocycles. The molecular formula is C13H20N2O. The fourth-order valence-electron chi connectivity index (χ4n) is 2.55. The predicted molar refractivity (Wildman–Crippen MR) is 65.4 cm³/mol. The second-order valence-corrected chi connectivity index (χ2v) is 4.59. The maximum absolute atomic E-state index is 11.2. The first-order chi connectivity index (χ1) is 7.79. The molecule has 1 atom stereocenters. The second kappa shape index (κ2) is 5.30. The quantitative estimate of drug-likeness (QED) is 0.847. The van der Waals surface area contributed by atoms with Crippen LogP contribution in [0.25, 0.3) is 0 Å². The third-order valence-electron chi connectivity index (χ3n) is 3.45. The number of aromatic nitrogens is 1. The van der Waals surface area contributed by atoms with Crippen LogP contribution in [0.15, 0.2) is 23.1 Å². The van der Waals surface area contributed by atoms with Gasteiger partial charge in [-0.1, -0.05) is 13.3 Å². The molecule has 1 aromatic heterocycles. The Hall–Kier alpha value is -1.09. The van der Waals surface area contributed by atoms with Crippen molar-refractivity contribution in [3.63, 3.8) is 0 Å². The normalized spacial score (nSPS) is 22.2. The van der Waals surface area contributed by atoms with Gasteiger partial charge in [0.25, 0.3) is 0 Å². The summed E-state index contributed by atoms with van der Waals surface area (Å²) in [6, 6.07) is 4.41. The number of rotatable bonds is 3. The van der Waals surface area contributed by atoms with Gasteiger partial charge in [-0.3, -0.25) is 9.69 Å². The molecule has 1 aliphatic heterocycles. The van der Waals surface area contributed by atoms with Crippen molar-refractivity contribution in [2.24, 2.45) is 0 Å². The van der Waals surface area contributed by atoms with Crippen molar-refractivity contribution < 1.29 is 0 Å². The van der Waals surface area contributed by atoms with E-state index in [2.05, 4.69) is 16.8 Å². The van der Waals surface area contributed by atoms with Crippen LogP contribution in [0.3, 0.4) is 0 Å². The summed E-state index contributed by atoms with van der Waals surface area (Å²) in [5.74, 6) is 0. The molecule has 1 aliphatic rings. The smallest absolute Gasteiger partial charge is 0.248 e. The van der Waals surface area contributed by atoms with Crippen LogP contribution in [0.1, 0.15) is 38.2 Å². The minimum Gasteiger partial charge on any atom is -0.329 e. The van der Waals surface area contributed by atoms with Gasteiger partial charge in [0, 0.05) is 24.8 Å². The molecule has 16 heavy (non-hydrogen) atoms. The Morgan fingerprint density at radius 2 is 2.38 bits per heavy atom. The summed E-state index contributed by atoms with van der Waals surface area (Å²) >= 11 is 0. The molecular weight excluding hydrogens is 200 g/mol. The van der Waals surface area contributed by atoms with E-state index in [0.717, 1.165) is 12.1 Å². The van der Waals surface area contributed by atoms with Gasteiger partial charge in [0.2, 0.25) is 5.56 Å². The average Bonchev–Trinajstić information content (AvgIpc) is 2.30. The Labute approximate surface area is 96.5 Å². The highest BCUT2D eigenvalue weighted by Crippen LogP contribution is 2.21. The van der Waals surface area contributed by atoms with E-state index in [9.17, 15) is 4.79 Å². The Kier molecular flexibility index (Phi) is 3.78. The van der Waals surface area contributed by atoms with Gasteiger partial charge in [0.1, 0.15) is 0 Å². The average molecular weight is 220 g/mol. The monoisotopic (exact) mass is 220 g/mol. The summed E-state index contributed by atoms with van der Waals surface area (Å²) in [7, 11) is 0. The van der Waals surface area contributed by atoms with E-state index < -0.39 is 0 Å². The number of piperidine rings is 1. The molecule has 0 aromatic carbocycles. The van der Waals surface area contributed by atoms with E-state index in [1.54, 1.807) is 12.3 Å². The van der Waals surface area contributed by atoms with Gasteiger partial charge in [-0.2, -0.15) is 0 Å². The molecule has 1 saturated heterocycles. The van der Waals surface area contributed by atoms with Gasteiger partial charge in [-0.15, -0.1) is 0 Å². The maximum atomic E-state index is 11.2. The van der Waals surface area contributed by atoms with Gasteiger partial charge >= 0.3 is 0 Å². The first-order valence-electron chi connectivity index (χ1n) is 6.21. The van der Waals surface area contributed by atoms with Crippen LogP contribution in [0.2, 0.25) is 0 Å². The number of hydrogen-bond donors (Lipinski definition) is 1. The molecule has 3 heteroatoms. The molecule has 2 heterocycles. The van der Waals surface area contributed by atoms with Gasteiger partial charge in [0.15, 0.2) is 0 Å². The zero-order chi connectivity index (χ0) is 11.4. The molecule has 1 aromatic rings. The number of nitrogens with one attached hydrogen (secondary N) is 1. The van der Waals surface area contributed by atoms with Crippen molar-refractivity contribution in [1.82, 2.24) is 9.88 Å². The van der Waals surface area contributed by atoms with Gasteiger partial charge in [0.05, 0.1) is 0 Å². The molecule has 1 N–H and O–H groups in total. The van der Waals surface area contributed by atoms with Crippen molar-refractivity contribution >= 4 is 0 Å². The highest BCUT2D eigenvalue weighted by Gasteiger charge is 2.20. The second-order valence-electron chi connectivity index (χ2n) is 4.59. The first kappa shape index (κ1) is 11.4. The molecule has 0 amide bonds. The predicted octanol–water partition coefficient (Wildman–Crippen LogP) is 2.14. The van der Waals surface area contributed by atoms with Crippen LogP contribution in [-0.4, -0.2) is 22.5 Å². The number of likely N-dealkylation sites (tertiary alicyclic amines) is 1. The molecule has 1 fully saturated rings. The Morgan fingerprint density at radius 3 is 3.12 bits per heavy atom. The molecule has 88 valence electrons. The molecule has 0 bridgehead atoms. The zero-order valence-corrected chi connectivity index (χ0v) is 9.91. The summed E-state index contributed by atoms with van der Waals surface area (Å²) in [4.78, 5) is 16.4. The topological polar surface area (TPSA) is 36.1 Å². The first-order valence-corrected chi connectivity index (χ1v) is 6.21. The summed E-state index contributed by atoms with van der Waals surface area (Å²) in [5.41, 5.74) is 1.13. The van der Waals surface area contributed by atoms with Crippen LogP contribution in [0.4, 0.5) is 0 Å². The number of pyridine rings is 1. The number of nitrogens with zero attached hydrogens (tertiary/aromatic N) is 1. The molecule has 0 radical (unpaired) electrons. The summed E-state index contributed by atoms with van der Waals surface area (Å²) in [6.07, 6.45) is 6.90. The van der Waals surface area contributed by atoms with Crippen molar-refractivity contribution in [1.29, 1.82) is 0 Å². The van der Waals surface area contributed by atoms with E-state index in [0.29, 0.717) is 6.04 Å². The van der Waals surface area contributed by atoms with Crippen molar-refractivity contribution in [3.8, 4) is 0 Å². The van der Waals surface area contributed by atoms with Crippen LogP contribution < -0.4 is 5.56 Å². The summed E-state index contributed by atoms with van der Waals surface area (Å²) in [5, 5.41) is 0. The van der Waals surface area contributed by atoms with E-state index in [-0.39, 0.29) is 5.56 Å². The van der Waals surface area contributed by atoms with E-state index in [4.69, 9.17) is 0 Å². The lowest BCUT2D eigenvalue weighted by molar-refractivity contribution is 0.136. The largest absolute Gasteiger partial charge is 0.329 e. The molecule has 2 rings (SSSR count). The van der Waals surface area contributed by atoms with Gasteiger partial charge in [-0.05, 0) is 37.4 Å². The lowest BCUT2D eigenvalue weighted by Crippen LogP contribution is -2.38. The zero-order valence-electron chi connectivity index (χ0n) is 9.91. The molecule has 0 unspecified atom stereocenters. The van der Waals surface area contributed by atoms with E-state index in [1.165, 1.54) is 32.2 Å². The third kappa shape index (κ3) is 2.73. The standard InChI is InChI=1S/C13H20N2O/c1-2-12-5-3-4-8-15(12)10-11-6-7-14-13(16)9-11/h6-7,9,12H,2-5,8,10H2,1H3,(H,14,16)/t12-/m0/s1. The fourth-order valence-corrected chi connectivity index (χ4v) is 2.55. The Morgan fingerprint density at radius 1 is 1.50 bits per heavy atom. The van der Waals surface area contributed by atoms with Crippen molar-refractivity contribution in [2.75, 3.05) is 6.54 Å². The summed E-state index contributed by atoms with van der Waals surface area (Å²) < 4.78 is 0. The van der Waals surface area contributed by atoms with Gasteiger partial charge in [-0.25, -0.2) is 0 Å². The SMILES string of the molecule is CC[C@H]1CCCCN1Cc1cc[nH]c(=O)c1. The van der Waals surface area contributed by atoms with Crippen LogP contribution in [0.5, 0.6) is 0 Å². The Bertz CT molecular complexity index is 386. The minimum atomic E-state index is 0.00237. The molecule has 3 nitrogen and oxygen atoms in total. The lowest BCUT2D eigenvalue weighted by atomic mass is 9.99. The van der Waals surface area contributed by atoms with E-state index >= 15 is 0 Å². The van der Waals surface area contributed by atoms with E-state index in [1.807, 2.05) is 6.07 Å². The Balaban J connectivity index is 2.05. The lowest BCUT2D eigenvalue weighted by Gasteiger charge is -2.35. The number of aromatic amines is 1. The van der Waals surface area contributed by atoms with Crippen LogP contribution in [0, 0.1) is 0 Å². The minimum absolute atomic E-state index is 0.00237. The number of hydrogen-bond acceptors (Lipinski definition) is 2. The van der Waals surface area contributed by atoms with Crippen LogP contribution in [-0.2, 0) is 6.54 Å². The van der Waals surface area contributed by atoms with Crippen molar-refractivity contribution in [3.05, 3.63) is 34.2 Å². The molecule has 0 aliphatic carbocycles. The highest BCUT2D eigenvalue weighted by molar-refractivity contribution is 5.10. The highest BCUT2D eigenvalue weighted by atomic mass is 16.1. The van der Waals surface area contributed by atoms with Crippen LogP contribution >= 0.6 is 0 Å². The number of H-pyrrole nitrogens is 1. The fraction of sp³-hybridized carbons (Fsp3) is 0.615. The van der Waals surface area contributed by atoms with Gasteiger partial charge < -0.3 is 4.98 Å². The van der Waals surface area contributed by atoms with Crippen molar-refractivity contribution in [2.45, 2.75) is 45.2 Å². The molecule has 0 spiro atoms. The third-order valence-corrected chi connectivity index (χ3v) is 3.45. The summed E-state index contributed by atoms with van der Waals surface area (Å²) in [6.45, 7) is 4.34.